The molecule has 2 aromatic carbocycles. The number of anilines is 1. The number of rotatable bonds is 3. The van der Waals surface area contributed by atoms with E-state index in [2.05, 4.69) is 10.3 Å². The van der Waals surface area contributed by atoms with Crippen LogP contribution in [0.25, 0.3) is 10.9 Å². The number of fused-ring (bicyclic) bond motifs is 1. The Balaban J connectivity index is 1.87. The molecular formula is C16H13Cl3N2. The highest BCUT2D eigenvalue weighted by molar-refractivity contribution is 6.36. The first-order chi connectivity index (χ1) is 10.1. The number of H-pyrrole nitrogens is 1. The molecule has 3 aromatic rings. The third kappa shape index (κ3) is 2.84. The van der Waals surface area contributed by atoms with Crippen molar-refractivity contribution in [1.29, 1.82) is 0 Å². The third-order valence-corrected chi connectivity index (χ3v) is 4.57. The van der Waals surface area contributed by atoms with E-state index in [0.29, 0.717) is 16.6 Å². The quantitative estimate of drug-likeness (QED) is 0.597. The highest BCUT2D eigenvalue weighted by Gasteiger charge is 2.10. The number of hydrogen-bond acceptors (Lipinski definition) is 1. The van der Waals surface area contributed by atoms with Crippen LogP contribution in [0.5, 0.6) is 0 Å². The van der Waals surface area contributed by atoms with E-state index in [1.165, 1.54) is 0 Å². The summed E-state index contributed by atoms with van der Waals surface area (Å²) in [6, 6.07) is 11.6. The summed E-state index contributed by atoms with van der Waals surface area (Å²) in [4.78, 5) is 3.31. The van der Waals surface area contributed by atoms with Crippen molar-refractivity contribution in [2.24, 2.45) is 0 Å². The molecule has 5 heteroatoms. The molecule has 1 heterocycles. The fourth-order valence-corrected chi connectivity index (χ4v) is 2.98. The molecule has 21 heavy (non-hydrogen) atoms. The van der Waals surface area contributed by atoms with Crippen LogP contribution in [0.1, 0.15) is 11.3 Å². The lowest BCUT2D eigenvalue weighted by Crippen LogP contribution is -2.01. The van der Waals surface area contributed by atoms with Crippen molar-refractivity contribution in [2.45, 2.75) is 13.5 Å². The summed E-state index contributed by atoms with van der Waals surface area (Å²) in [6.45, 7) is 2.47. The standard InChI is InChI=1S/C16H13Cl3N2/c1-9-6-12(18)14(7-11(9)17)20-8-15-16(19)10-4-2-3-5-13(10)21-15/h2-7,20-21H,8H2,1H3. The van der Waals surface area contributed by atoms with Gasteiger partial charge in [-0.05, 0) is 30.7 Å². The zero-order valence-corrected chi connectivity index (χ0v) is 13.6. The predicted octanol–water partition coefficient (Wildman–Crippen LogP) is 6.05. The van der Waals surface area contributed by atoms with E-state index in [0.717, 1.165) is 32.9 Å². The second-order valence-corrected chi connectivity index (χ2v) is 6.09. The zero-order valence-electron chi connectivity index (χ0n) is 11.3. The number of halogens is 3. The Morgan fingerprint density at radius 1 is 1.05 bits per heavy atom. The molecule has 2 nitrogen and oxygen atoms in total. The molecule has 0 amide bonds. The second kappa shape index (κ2) is 5.80. The van der Waals surface area contributed by atoms with Crippen molar-refractivity contribution in [1.82, 2.24) is 4.98 Å². The van der Waals surface area contributed by atoms with Gasteiger partial charge in [-0.25, -0.2) is 0 Å². The van der Waals surface area contributed by atoms with E-state index in [-0.39, 0.29) is 0 Å². The maximum atomic E-state index is 6.39. The Labute approximate surface area is 138 Å². The SMILES string of the molecule is Cc1cc(Cl)c(NCc2[nH]c3ccccc3c2Cl)cc1Cl. The van der Waals surface area contributed by atoms with Gasteiger partial charge in [0.2, 0.25) is 0 Å². The molecule has 0 unspecified atom stereocenters. The van der Waals surface area contributed by atoms with E-state index in [9.17, 15) is 0 Å². The summed E-state index contributed by atoms with van der Waals surface area (Å²) in [6.07, 6.45) is 0. The normalized spacial score (nSPS) is 11.0. The summed E-state index contributed by atoms with van der Waals surface area (Å²) < 4.78 is 0. The van der Waals surface area contributed by atoms with Gasteiger partial charge in [0.05, 0.1) is 28.0 Å². The maximum Gasteiger partial charge on any atom is 0.0710 e. The van der Waals surface area contributed by atoms with Gasteiger partial charge in [0.25, 0.3) is 0 Å². The van der Waals surface area contributed by atoms with Crippen LogP contribution in [0.15, 0.2) is 36.4 Å². The number of aromatic amines is 1. The van der Waals surface area contributed by atoms with E-state index >= 15 is 0 Å². The minimum absolute atomic E-state index is 0.548. The van der Waals surface area contributed by atoms with Crippen LogP contribution in [-0.2, 0) is 6.54 Å². The molecule has 108 valence electrons. The Hall–Kier alpha value is -1.35. The molecule has 2 N–H and O–H groups in total. The fourth-order valence-electron chi connectivity index (χ4n) is 2.25. The average molecular weight is 340 g/mol. The summed E-state index contributed by atoms with van der Waals surface area (Å²) in [7, 11) is 0. The first-order valence-electron chi connectivity index (χ1n) is 6.51. The molecule has 0 saturated carbocycles. The number of nitrogens with one attached hydrogen (secondary N) is 2. The maximum absolute atomic E-state index is 6.39. The Morgan fingerprint density at radius 3 is 2.57 bits per heavy atom. The van der Waals surface area contributed by atoms with Crippen LogP contribution < -0.4 is 5.32 Å². The number of hydrogen-bond donors (Lipinski definition) is 2. The van der Waals surface area contributed by atoms with Crippen molar-refractivity contribution in [2.75, 3.05) is 5.32 Å². The first-order valence-corrected chi connectivity index (χ1v) is 7.64. The van der Waals surface area contributed by atoms with Gasteiger partial charge < -0.3 is 10.3 Å². The van der Waals surface area contributed by atoms with E-state index < -0.39 is 0 Å². The Bertz CT molecular complexity index is 809. The van der Waals surface area contributed by atoms with Gasteiger partial charge in [-0.15, -0.1) is 0 Å². The van der Waals surface area contributed by atoms with Gasteiger partial charge in [0.15, 0.2) is 0 Å². The van der Waals surface area contributed by atoms with Gasteiger partial charge in [-0.2, -0.15) is 0 Å². The number of aromatic nitrogens is 1. The molecule has 0 bridgehead atoms. The first kappa shape index (κ1) is 14.6. The summed E-state index contributed by atoms with van der Waals surface area (Å²) in [5.41, 5.74) is 3.69. The van der Waals surface area contributed by atoms with Crippen molar-refractivity contribution in [3.8, 4) is 0 Å². The lowest BCUT2D eigenvalue weighted by Gasteiger charge is -2.10. The van der Waals surface area contributed by atoms with Gasteiger partial charge in [-0.1, -0.05) is 53.0 Å². The highest BCUT2D eigenvalue weighted by Crippen LogP contribution is 2.31. The lowest BCUT2D eigenvalue weighted by atomic mass is 10.2. The monoisotopic (exact) mass is 338 g/mol. The zero-order chi connectivity index (χ0) is 15.0. The number of para-hydroxylation sites is 1. The van der Waals surface area contributed by atoms with Crippen LogP contribution in [0.2, 0.25) is 15.1 Å². The lowest BCUT2D eigenvalue weighted by molar-refractivity contribution is 1.08. The van der Waals surface area contributed by atoms with Crippen molar-refractivity contribution < 1.29 is 0 Å². The van der Waals surface area contributed by atoms with Crippen molar-refractivity contribution >= 4 is 51.4 Å². The minimum atomic E-state index is 0.548. The summed E-state index contributed by atoms with van der Waals surface area (Å²) >= 11 is 18.7. The van der Waals surface area contributed by atoms with Gasteiger partial charge in [0.1, 0.15) is 0 Å². The highest BCUT2D eigenvalue weighted by atomic mass is 35.5. The van der Waals surface area contributed by atoms with Crippen molar-refractivity contribution in [3.05, 3.63) is 62.7 Å². The molecule has 0 saturated heterocycles. The molecule has 0 aliphatic carbocycles. The van der Waals surface area contributed by atoms with Crippen molar-refractivity contribution in [3.63, 3.8) is 0 Å². The minimum Gasteiger partial charge on any atom is -0.378 e. The van der Waals surface area contributed by atoms with E-state index in [1.54, 1.807) is 0 Å². The Kier molecular flexibility index (Phi) is 4.03. The summed E-state index contributed by atoms with van der Waals surface area (Å²) in [5.74, 6) is 0. The Morgan fingerprint density at radius 2 is 1.81 bits per heavy atom. The number of aryl methyl sites for hydroxylation is 1. The van der Waals surface area contributed by atoms with Crippen LogP contribution in [0.4, 0.5) is 5.69 Å². The third-order valence-electron chi connectivity index (χ3n) is 3.42. The molecular weight excluding hydrogens is 327 g/mol. The molecule has 0 atom stereocenters. The molecule has 0 fully saturated rings. The molecule has 3 rings (SSSR count). The smallest absolute Gasteiger partial charge is 0.0710 e. The van der Waals surface area contributed by atoms with Gasteiger partial charge in [-0.3, -0.25) is 0 Å². The molecule has 0 radical (unpaired) electrons. The van der Waals surface area contributed by atoms with Crippen LogP contribution in [-0.4, -0.2) is 4.98 Å². The van der Waals surface area contributed by atoms with Gasteiger partial charge in [0, 0.05) is 15.9 Å². The van der Waals surface area contributed by atoms with Crippen LogP contribution in [0, 0.1) is 6.92 Å². The molecule has 0 aliphatic heterocycles. The number of benzene rings is 2. The second-order valence-electron chi connectivity index (χ2n) is 4.90. The molecule has 1 aromatic heterocycles. The van der Waals surface area contributed by atoms with E-state index in [1.807, 2.05) is 43.3 Å². The summed E-state index contributed by atoms with van der Waals surface area (Å²) in [5, 5.41) is 6.34. The van der Waals surface area contributed by atoms with E-state index in [4.69, 9.17) is 34.8 Å². The average Bonchev–Trinajstić information content (AvgIpc) is 2.79. The predicted molar refractivity (Wildman–Crippen MR) is 91.8 cm³/mol. The largest absolute Gasteiger partial charge is 0.378 e. The van der Waals surface area contributed by atoms with Crippen LogP contribution in [0.3, 0.4) is 0 Å². The van der Waals surface area contributed by atoms with Crippen LogP contribution >= 0.6 is 34.8 Å². The molecule has 0 spiro atoms. The van der Waals surface area contributed by atoms with Gasteiger partial charge >= 0.3 is 0 Å². The topological polar surface area (TPSA) is 27.8 Å². The fraction of sp³-hybridized carbons (Fsp3) is 0.125. The molecule has 0 aliphatic rings.